The molecule has 4 aromatic rings. The summed E-state index contributed by atoms with van der Waals surface area (Å²) in [6.45, 7) is 1.41. The molecule has 1 fully saturated rings. The molecular weight excluding hydrogens is 404 g/mol. The number of aromatic nitrogens is 3. The van der Waals surface area contributed by atoms with Gasteiger partial charge < -0.3 is 9.64 Å². The van der Waals surface area contributed by atoms with Gasteiger partial charge in [0.2, 0.25) is 0 Å². The number of ether oxygens (including phenoxy) is 1. The fourth-order valence-corrected chi connectivity index (χ4v) is 4.49. The third-order valence-electron chi connectivity index (χ3n) is 6.07. The van der Waals surface area contributed by atoms with Crippen LogP contribution in [-0.2, 0) is 11.3 Å². The van der Waals surface area contributed by atoms with Crippen LogP contribution in [0.5, 0.6) is 0 Å². The van der Waals surface area contributed by atoms with E-state index < -0.39 is 0 Å². The number of methoxy groups -OCH3 is 1. The van der Waals surface area contributed by atoms with Gasteiger partial charge >= 0.3 is 0 Å². The Bertz CT molecular complexity index is 1360. The molecule has 162 valence electrons. The largest absolute Gasteiger partial charge is 0.383 e. The first kappa shape index (κ1) is 20.3. The van der Waals surface area contributed by atoms with Crippen LogP contribution in [0.2, 0.25) is 0 Å². The van der Waals surface area contributed by atoms with Crippen molar-refractivity contribution in [3.05, 3.63) is 82.5 Å². The second kappa shape index (κ2) is 8.51. The van der Waals surface area contributed by atoms with E-state index in [2.05, 4.69) is 4.98 Å². The summed E-state index contributed by atoms with van der Waals surface area (Å²) in [5.74, 6) is 0.568. The van der Waals surface area contributed by atoms with Crippen LogP contribution in [0.3, 0.4) is 0 Å². The van der Waals surface area contributed by atoms with Crippen molar-refractivity contribution in [3.8, 4) is 0 Å². The van der Waals surface area contributed by atoms with Gasteiger partial charge in [-0.2, -0.15) is 0 Å². The number of rotatable bonds is 5. The lowest BCUT2D eigenvalue weighted by molar-refractivity contribution is 0.0725. The Morgan fingerprint density at radius 1 is 1.12 bits per heavy atom. The quantitative estimate of drug-likeness (QED) is 0.486. The van der Waals surface area contributed by atoms with E-state index in [1.54, 1.807) is 23.9 Å². The molecular formula is C25H24N4O3. The van der Waals surface area contributed by atoms with Crippen molar-refractivity contribution in [3.63, 3.8) is 0 Å². The summed E-state index contributed by atoms with van der Waals surface area (Å²) in [5.41, 5.74) is 2.02. The average Bonchev–Trinajstić information content (AvgIpc) is 3.32. The minimum atomic E-state index is -0.263. The molecule has 1 unspecified atom stereocenters. The second-order valence-electron chi connectivity index (χ2n) is 8.00. The minimum absolute atomic E-state index is 0.0565. The van der Waals surface area contributed by atoms with Crippen LogP contribution in [0.15, 0.2) is 65.6 Å². The molecule has 0 N–H and O–H groups in total. The van der Waals surface area contributed by atoms with Gasteiger partial charge in [-0.25, -0.2) is 4.98 Å². The summed E-state index contributed by atoms with van der Waals surface area (Å²) in [5, 5.41) is 1.50. The molecule has 0 radical (unpaired) electrons. The smallest absolute Gasteiger partial charge is 0.261 e. The Labute approximate surface area is 185 Å². The number of nitrogens with zero attached hydrogens (tertiary/aromatic N) is 4. The van der Waals surface area contributed by atoms with E-state index in [0.717, 1.165) is 23.7 Å². The first-order valence-electron chi connectivity index (χ1n) is 10.8. The van der Waals surface area contributed by atoms with Gasteiger partial charge in [0.15, 0.2) is 0 Å². The van der Waals surface area contributed by atoms with E-state index in [4.69, 9.17) is 9.72 Å². The first-order valence-corrected chi connectivity index (χ1v) is 10.8. The van der Waals surface area contributed by atoms with Crippen LogP contribution in [0.4, 0.5) is 0 Å². The number of hydrogen-bond donors (Lipinski definition) is 0. The molecule has 0 bridgehead atoms. The van der Waals surface area contributed by atoms with Crippen LogP contribution in [0, 0.1) is 0 Å². The summed E-state index contributed by atoms with van der Waals surface area (Å²) in [7, 11) is 1.61. The van der Waals surface area contributed by atoms with Crippen LogP contribution in [-0.4, -0.2) is 45.6 Å². The Balaban J connectivity index is 1.57. The van der Waals surface area contributed by atoms with Gasteiger partial charge in [-0.15, -0.1) is 0 Å². The molecule has 1 amide bonds. The highest BCUT2D eigenvalue weighted by Gasteiger charge is 2.34. The number of para-hydroxylation sites is 1. The molecule has 32 heavy (non-hydrogen) atoms. The van der Waals surface area contributed by atoms with Crippen LogP contribution >= 0.6 is 0 Å². The van der Waals surface area contributed by atoms with E-state index in [1.807, 2.05) is 53.4 Å². The van der Waals surface area contributed by atoms with Crippen LogP contribution in [0.1, 0.15) is 35.1 Å². The van der Waals surface area contributed by atoms with Crippen molar-refractivity contribution < 1.29 is 9.53 Å². The zero-order valence-corrected chi connectivity index (χ0v) is 17.9. The lowest BCUT2D eigenvalue weighted by Crippen LogP contribution is -2.36. The minimum Gasteiger partial charge on any atom is -0.383 e. The Morgan fingerprint density at radius 3 is 2.88 bits per heavy atom. The molecule has 7 nitrogen and oxygen atoms in total. The summed E-state index contributed by atoms with van der Waals surface area (Å²) in [6, 6.07) is 16.5. The van der Waals surface area contributed by atoms with E-state index >= 15 is 0 Å². The number of amides is 1. The van der Waals surface area contributed by atoms with Gasteiger partial charge in [-0.3, -0.25) is 19.1 Å². The highest BCUT2D eigenvalue weighted by molar-refractivity contribution is 5.98. The van der Waals surface area contributed by atoms with Crippen molar-refractivity contribution in [1.82, 2.24) is 19.4 Å². The second-order valence-corrected chi connectivity index (χ2v) is 8.00. The molecule has 1 atom stereocenters. The van der Waals surface area contributed by atoms with Gasteiger partial charge in [-0.05, 0) is 49.2 Å². The number of benzene rings is 2. The van der Waals surface area contributed by atoms with Crippen molar-refractivity contribution >= 4 is 27.7 Å². The summed E-state index contributed by atoms with van der Waals surface area (Å²) in [6.07, 6.45) is 3.36. The molecule has 1 aliphatic rings. The number of likely N-dealkylation sites (tertiary alicyclic amines) is 1. The van der Waals surface area contributed by atoms with Crippen LogP contribution < -0.4 is 5.56 Å². The topological polar surface area (TPSA) is 77.3 Å². The predicted octanol–water partition coefficient (Wildman–Crippen LogP) is 3.57. The fourth-order valence-electron chi connectivity index (χ4n) is 4.49. The number of fused-ring (bicyclic) bond motifs is 2. The number of carbonyl (C=O) groups excluding carboxylic acids is 1. The maximum absolute atomic E-state index is 13.5. The highest BCUT2D eigenvalue weighted by Crippen LogP contribution is 2.33. The Kier molecular flexibility index (Phi) is 5.41. The maximum Gasteiger partial charge on any atom is 0.261 e. The molecule has 0 saturated carbocycles. The zero-order valence-electron chi connectivity index (χ0n) is 17.9. The van der Waals surface area contributed by atoms with E-state index in [9.17, 15) is 9.59 Å². The lowest BCUT2D eigenvalue weighted by atomic mass is 10.1. The van der Waals surface area contributed by atoms with Crippen molar-refractivity contribution in [2.24, 2.45) is 0 Å². The SMILES string of the molecule is COCCn1c(C2CCCN2C(=O)c2ccc3ncccc3c2)nc2ccccc2c1=O. The summed E-state index contributed by atoms with van der Waals surface area (Å²) < 4.78 is 6.91. The molecule has 5 rings (SSSR count). The maximum atomic E-state index is 13.5. The van der Waals surface area contributed by atoms with Crippen molar-refractivity contribution in [1.29, 1.82) is 0 Å². The standard InChI is InChI=1S/C25H24N4O3/c1-32-15-14-29-23(27-21-8-3-2-7-19(21)25(29)31)22-9-5-13-28(22)24(30)18-10-11-20-17(16-18)6-4-12-26-20/h2-4,6-8,10-12,16,22H,5,9,13-15H2,1H3. The molecule has 1 aliphatic heterocycles. The number of carbonyl (C=O) groups is 1. The molecule has 0 spiro atoms. The van der Waals surface area contributed by atoms with Crippen LogP contribution in [0.25, 0.3) is 21.8 Å². The molecule has 0 aliphatic carbocycles. The monoisotopic (exact) mass is 428 g/mol. The zero-order chi connectivity index (χ0) is 22.1. The molecule has 3 heterocycles. The molecule has 7 heteroatoms. The Hall–Kier alpha value is -3.58. The summed E-state index contributed by atoms with van der Waals surface area (Å²) in [4.78, 5) is 37.8. The van der Waals surface area contributed by atoms with Crippen molar-refractivity contribution in [2.45, 2.75) is 25.4 Å². The third kappa shape index (κ3) is 3.54. The fraction of sp³-hybridized carbons (Fsp3) is 0.280. The molecule has 1 saturated heterocycles. The van der Waals surface area contributed by atoms with Gasteiger partial charge in [0.1, 0.15) is 5.82 Å². The van der Waals surface area contributed by atoms with Gasteiger partial charge in [0.25, 0.3) is 11.5 Å². The average molecular weight is 428 g/mol. The van der Waals surface area contributed by atoms with E-state index in [0.29, 0.717) is 42.0 Å². The normalized spacial score (nSPS) is 16.2. The lowest BCUT2D eigenvalue weighted by Gasteiger charge is -2.27. The summed E-state index contributed by atoms with van der Waals surface area (Å²) >= 11 is 0. The van der Waals surface area contributed by atoms with Gasteiger partial charge in [-0.1, -0.05) is 18.2 Å². The highest BCUT2D eigenvalue weighted by atomic mass is 16.5. The van der Waals surface area contributed by atoms with Gasteiger partial charge in [0.05, 0.1) is 35.6 Å². The number of hydrogen-bond acceptors (Lipinski definition) is 5. The number of pyridine rings is 1. The Morgan fingerprint density at radius 2 is 2.00 bits per heavy atom. The van der Waals surface area contributed by atoms with E-state index in [1.165, 1.54) is 0 Å². The van der Waals surface area contributed by atoms with Gasteiger partial charge in [0, 0.05) is 30.8 Å². The first-order chi connectivity index (χ1) is 15.7. The van der Waals surface area contributed by atoms with Crippen molar-refractivity contribution in [2.75, 3.05) is 20.3 Å². The predicted molar refractivity (Wildman–Crippen MR) is 123 cm³/mol. The molecule has 2 aromatic carbocycles. The third-order valence-corrected chi connectivity index (χ3v) is 6.07. The molecule has 2 aromatic heterocycles. The van der Waals surface area contributed by atoms with E-state index in [-0.39, 0.29) is 17.5 Å².